The molecular formula is C16H22FN3. The van der Waals surface area contributed by atoms with Crippen LogP contribution in [-0.2, 0) is 0 Å². The van der Waals surface area contributed by atoms with Crippen LogP contribution in [0.5, 0.6) is 0 Å². The molecule has 0 amide bonds. The molecular weight excluding hydrogens is 253 g/mol. The van der Waals surface area contributed by atoms with Crippen molar-refractivity contribution in [2.24, 2.45) is 0 Å². The highest BCUT2D eigenvalue weighted by Crippen LogP contribution is 2.17. The molecule has 1 unspecified atom stereocenters. The lowest BCUT2D eigenvalue weighted by Crippen LogP contribution is -2.52. The van der Waals surface area contributed by atoms with Gasteiger partial charge >= 0.3 is 0 Å². The van der Waals surface area contributed by atoms with Gasteiger partial charge in [0.1, 0.15) is 5.82 Å². The van der Waals surface area contributed by atoms with Gasteiger partial charge in [-0.25, -0.2) is 4.39 Å². The van der Waals surface area contributed by atoms with Crippen LogP contribution >= 0.6 is 0 Å². The van der Waals surface area contributed by atoms with Crippen molar-refractivity contribution in [3.63, 3.8) is 0 Å². The molecule has 108 valence electrons. The molecule has 1 saturated heterocycles. The van der Waals surface area contributed by atoms with Crippen molar-refractivity contribution in [1.29, 1.82) is 0 Å². The maximum Gasteiger partial charge on any atom is 0.123 e. The average molecular weight is 275 g/mol. The summed E-state index contributed by atoms with van der Waals surface area (Å²) in [6, 6.07) is 7.23. The Labute approximate surface area is 120 Å². The van der Waals surface area contributed by atoms with Crippen LogP contribution in [0.1, 0.15) is 6.92 Å². The zero-order valence-corrected chi connectivity index (χ0v) is 12.0. The van der Waals surface area contributed by atoms with E-state index in [9.17, 15) is 4.39 Å². The summed E-state index contributed by atoms with van der Waals surface area (Å²) >= 11 is 0. The molecule has 1 aromatic carbocycles. The van der Waals surface area contributed by atoms with Crippen molar-refractivity contribution in [3.05, 3.63) is 30.1 Å². The minimum absolute atomic E-state index is 0.180. The van der Waals surface area contributed by atoms with Crippen LogP contribution in [0.25, 0.3) is 0 Å². The lowest BCUT2D eigenvalue weighted by molar-refractivity contribution is 0.194. The molecule has 0 spiro atoms. The van der Waals surface area contributed by atoms with Crippen LogP contribution in [0.4, 0.5) is 10.1 Å². The Balaban J connectivity index is 1.80. The van der Waals surface area contributed by atoms with E-state index in [2.05, 4.69) is 28.0 Å². The Bertz CT molecular complexity index is 444. The van der Waals surface area contributed by atoms with Gasteiger partial charge in [-0.1, -0.05) is 5.92 Å². The van der Waals surface area contributed by atoms with Crippen LogP contribution in [0.15, 0.2) is 24.3 Å². The Morgan fingerprint density at radius 3 is 2.50 bits per heavy atom. The largest absolute Gasteiger partial charge is 0.369 e. The number of nitrogens with zero attached hydrogens (tertiary/aromatic N) is 2. The van der Waals surface area contributed by atoms with Crippen molar-refractivity contribution < 1.29 is 4.39 Å². The summed E-state index contributed by atoms with van der Waals surface area (Å²) in [5.74, 6) is 2.41. The van der Waals surface area contributed by atoms with Gasteiger partial charge in [-0.3, -0.25) is 4.90 Å². The van der Waals surface area contributed by atoms with E-state index in [1.807, 2.05) is 12.1 Å². The number of rotatable bonds is 5. The fraction of sp³-hybridized carbons (Fsp3) is 0.500. The maximum absolute atomic E-state index is 12.9. The maximum atomic E-state index is 12.9. The molecule has 1 atom stereocenters. The molecule has 1 aliphatic heterocycles. The fourth-order valence-corrected chi connectivity index (χ4v) is 2.56. The van der Waals surface area contributed by atoms with Gasteiger partial charge in [0.2, 0.25) is 0 Å². The zero-order valence-electron chi connectivity index (χ0n) is 12.0. The molecule has 0 radical (unpaired) electrons. The second kappa shape index (κ2) is 7.28. The van der Waals surface area contributed by atoms with E-state index in [4.69, 9.17) is 6.42 Å². The first kappa shape index (κ1) is 14.8. The monoisotopic (exact) mass is 275 g/mol. The summed E-state index contributed by atoms with van der Waals surface area (Å²) in [5, 5.41) is 3.25. The van der Waals surface area contributed by atoms with E-state index in [1.54, 1.807) is 0 Å². The highest BCUT2D eigenvalue weighted by atomic mass is 19.1. The summed E-state index contributed by atoms with van der Waals surface area (Å²) < 4.78 is 12.9. The predicted octanol–water partition coefficient (Wildman–Crippen LogP) is 1.56. The molecule has 1 aliphatic rings. The molecule has 0 aliphatic carbocycles. The summed E-state index contributed by atoms with van der Waals surface area (Å²) in [6.45, 7) is 7.76. The minimum Gasteiger partial charge on any atom is -0.369 e. The minimum atomic E-state index is -0.180. The summed E-state index contributed by atoms with van der Waals surface area (Å²) in [6.07, 6.45) is 5.23. The van der Waals surface area contributed by atoms with Crippen molar-refractivity contribution in [2.45, 2.75) is 13.0 Å². The number of halogens is 1. The first-order chi connectivity index (χ1) is 9.70. The number of hydrogen-bond acceptors (Lipinski definition) is 3. The normalized spacial score (nSPS) is 17.8. The number of nitrogens with one attached hydrogen (secondary N) is 1. The Morgan fingerprint density at radius 1 is 1.25 bits per heavy atom. The SMILES string of the molecule is C#CCNCC(C)N1CCN(c2ccc(F)cc2)CC1. The zero-order chi connectivity index (χ0) is 14.4. The third-order valence-corrected chi connectivity index (χ3v) is 3.80. The molecule has 0 saturated carbocycles. The van der Waals surface area contributed by atoms with Gasteiger partial charge in [0, 0.05) is 44.5 Å². The second-order valence-electron chi connectivity index (χ2n) is 5.18. The summed E-state index contributed by atoms with van der Waals surface area (Å²) in [5.41, 5.74) is 1.10. The molecule has 1 N–H and O–H groups in total. The molecule has 2 rings (SSSR count). The molecule has 1 heterocycles. The first-order valence-corrected chi connectivity index (χ1v) is 7.09. The smallest absolute Gasteiger partial charge is 0.123 e. The van der Waals surface area contributed by atoms with Crippen LogP contribution in [0.3, 0.4) is 0 Å². The number of benzene rings is 1. The van der Waals surface area contributed by atoms with Gasteiger partial charge < -0.3 is 10.2 Å². The van der Waals surface area contributed by atoms with Gasteiger partial charge in [-0.05, 0) is 31.2 Å². The van der Waals surface area contributed by atoms with Crippen molar-refractivity contribution in [3.8, 4) is 12.3 Å². The number of hydrogen-bond donors (Lipinski definition) is 1. The van der Waals surface area contributed by atoms with Crippen LogP contribution < -0.4 is 10.2 Å². The molecule has 0 aromatic heterocycles. The van der Waals surface area contributed by atoms with Crippen LogP contribution in [-0.4, -0.2) is 50.2 Å². The van der Waals surface area contributed by atoms with Gasteiger partial charge in [0.05, 0.1) is 6.54 Å². The molecule has 20 heavy (non-hydrogen) atoms. The Hall–Kier alpha value is -1.57. The van der Waals surface area contributed by atoms with Crippen molar-refractivity contribution in [1.82, 2.24) is 10.2 Å². The standard InChI is InChI=1S/C16H22FN3/c1-3-8-18-13-14(2)19-9-11-20(12-10-19)16-6-4-15(17)5-7-16/h1,4-7,14,18H,8-13H2,2H3. The summed E-state index contributed by atoms with van der Waals surface area (Å²) in [7, 11) is 0. The predicted molar refractivity (Wildman–Crippen MR) is 81.4 cm³/mol. The Kier molecular flexibility index (Phi) is 5.40. The fourth-order valence-electron chi connectivity index (χ4n) is 2.56. The first-order valence-electron chi connectivity index (χ1n) is 7.09. The lowest BCUT2D eigenvalue weighted by atomic mass is 10.2. The number of piperazine rings is 1. The van der Waals surface area contributed by atoms with E-state index in [1.165, 1.54) is 12.1 Å². The van der Waals surface area contributed by atoms with Gasteiger partial charge in [0.15, 0.2) is 0 Å². The highest BCUT2D eigenvalue weighted by Gasteiger charge is 2.20. The van der Waals surface area contributed by atoms with Crippen LogP contribution in [0.2, 0.25) is 0 Å². The van der Waals surface area contributed by atoms with E-state index in [-0.39, 0.29) is 5.82 Å². The van der Waals surface area contributed by atoms with E-state index in [0.29, 0.717) is 12.6 Å². The molecule has 4 heteroatoms. The van der Waals surface area contributed by atoms with Gasteiger partial charge in [-0.2, -0.15) is 0 Å². The molecule has 1 fully saturated rings. The average Bonchev–Trinajstić information content (AvgIpc) is 2.48. The number of anilines is 1. The molecule has 1 aromatic rings. The topological polar surface area (TPSA) is 18.5 Å². The Morgan fingerprint density at radius 2 is 1.90 bits per heavy atom. The lowest BCUT2D eigenvalue weighted by Gasteiger charge is -2.39. The van der Waals surface area contributed by atoms with E-state index in [0.717, 1.165) is 38.4 Å². The van der Waals surface area contributed by atoms with Gasteiger partial charge in [-0.15, -0.1) is 6.42 Å². The third kappa shape index (κ3) is 3.96. The molecule has 3 nitrogen and oxygen atoms in total. The van der Waals surface area contributed by atoms with E-state index < -0.39 is 0 Å². The number of terminal acetylenes is 1. The highest BCUT2D eigenvalue weighted by molar-refractivity contribution is 5.46. The quantitative estimate of drug-likeness (QED) is 0.650. The van der Waals surface area contributed by atoms with Gasteiger partial charge in [0.25, 0.3) is 0 Å². The molecule has 0 bridgehead atoms. The van der Waals surface area contributed by atoms with Crippen LogP contribution in [0, 0.1) is 18.2 Å². The second-order valence-corrected chi connectivity index (χ2v) is 5.18. The van der Waals surface area contributed by atoms with E-state index >= 15 is 0 Å². The van der Waals surface area contributed by atoms with Crippen molar-refractivity contribution >= 4 is 5.69 Å². The third-order valence-electron chi connectivity index (χ3n) is 3.80. The van der Waals surface area contributed by atoms with Crippen molar-refractivity contribution in [2.75, 3.05) is 44.2 Å². The summed E-state index contributed by atoms with van der Waals surface area (Å²) in [4.78, 5) is 4.76.